The van der Waals surface area contributed by atoms with Crippen LogP contribution in [0.5, 0.6) is 5.75 Å². The van der Waals surface area contributed by atoms with Gasteiger partial charge in [0.25, 0.3) is 0 Å². The lowest BCUT2D eigenvalue weighted by atomic mass is 10.0. The number of hydrogen-bond acceptors (Lipinski definition) is 4. The van der Waals surface area contributed by atoms with Gasteiger partial charge in [-0.3, -0.25) is 0 Å². The van der Waals surface area contributed by atoms with Gasteiger partial charge >= 0.3 is 5.97 Å². The Labute approximate surface area is 101 Å². The molecule has 0 radical (unpaired) electrons. The maximum atomic E-state index is 11.4. The van der Waals surface area contributed by atoms with Gasteiger partial charge in [0.05, 0.1) is 18.8 Å². The largest absolute Gasteiger partial charge is 0.507 e. The van der Waals surface area contributed by atoms with E-state index in [-0.39, 0.29) is 11.9 Å². The van der Waals surface area contributed by atoms with Crippen LogP contribution in [0.4, 0.5) is 0 Å². The molecule has 94 valence electrons. The van der Waals surface area contributed by atoms with Crippen LogP contribution in [0.15, 0.2) is 12.1 Å². The van der Waals surface area contributed by atoms with E-state index in [4.69, 9.17) is 4.74 Å². The summed E-state index contributed by atoms with van der Waals surface area (Å²) < 4.78 is 9.81. The number of ether oxygens (including phenoxy) is 2. The van der Waals surface area contributed by atoms with Gasteiger partial charge in [0, 0.05) is 13.5 Å². The fraction of sp³-hybridized carbons (Fsp3) is 0.462. The average molecular weight is 238 g/mol. The van der Waals surface area contributed by atoms with Crippen molar-refractivity contribution in [1.82, 2.24) is 0 Å². The van der Waals surface area contributed by atoms with Crippen LogP contribution in [0.1, 0.15) is 28.4 Å². The van der Waals surface area contributed by atoms with Crippen LogP contribution >= 0.6 is 0 Å². The normalized spacial score (nSPS) is 12.2. The van der Waals surface area contributed by atoms with Crippen molar-refractivity contribution < 1.29 is 19.4 Å². The Morgan fingerprint density at radius 3 is 2.59 bits per heavy atom. The van der Waals surface area contributed by atoms with Gasteiger partial charge in [-0.1, -0.05) is 0 Å². The van der Waals surface area contributed by atoms with Crippen molar-refractivity contribution in [1.29, 1.82) is 0 Å². The third kappa shape index (κ3) is 3.20. The number of esters is 1. The molecule has 17 heavy (non-hydrogen) atoms. The number of rotatable bonds is 4. The van der Waals surface area contributed by atoms with Crippen molar-refractivity contribution in [2.24, 2.45) is 0 Å². The van der Waals surface area contributed by atoms with Crippen LogP contribution in [-0.4, -0.2) is 31.4 Å². The molecule has 0 bridgehead atoms. The quantitative estimate of drug-likeness (QED) is 0.816. The zero-order valence-corrected chi connectivity index (χ0v) is 10.6. The fourth-order valence-corrected chi connectivity index (χ4v) is 1.64. The number of phenols is 1. The zero-order chi connectivity index (χ0) is 13.0. The number of benzene rings is 1. The second-order valence-electron chi connectivity index (χ2n) is 4.04. The molecule has 0 aliphatic rings. The van der Waals surface area contributed by atoms with Gasteiger partial charge in [-0.25, -0.2) is 4.79 Å². The van der Waals surface area contributed by atoms with Crippen molar-refractivity contribution in [3.05, 3.63) is 28.8 Å². The van der Waals surface area contributed by atoms with E-state index in [9.17, 15) is 9.90 Å². The van der Waals surface area contributed by atoms with E-state index >= 15 is 0 Å². The second-order valence-corrected chi connectivity index (χ2v) is 4.04. The smallest absolute Gasteiger partial charge is 0.337 e. The molecule has 0 saturated heterocycles. The summed E-state index contributed by atoms with van der Waals surface area (Å²) in [6.07, 6.45) is 0.529. The van der Waals surface area contributed by atoms with Gasteiger partial charge in [-0.2, -0.15) is 0 Å². The van der Waals surface area contributed by atoms with Crippen molar-refractivity contribution in [2.75, 3.05) is 14.2 Å². The van der Waals surface area contributed by atoms with Gasteiger partial charge in [-0.05, 0) is 37.1 Å². The lowest BCUT2D eigenvalue weighted by Crippen LogP contribution is -2.10. The molecule has 4 heteroatoms. The molecule has 1 atom stereocenters. The topological polar surface area (TPSA) is 55.8 Å². The molecule has 1 N–H and O–H groups in total. The molecule has 0 spiro atoms. The van der Waals surface area contributed by atoms with Crippen LogP contribution < -0.4 is 0 Å². The molecule has 0 aromatic heterocycles. The minimum absolute atomic E-state index is 0.0202. The highest BCUT2D eigenvalue weighted by Crippen LogP contribution is 2.26. The number of hydrogen-bond donors (Lipinski definition) is 1. The van der Waals surface area contributed by atoms with E-state index in [1.54, 1.807) is 26.2 Å². The molecule has 1 rings (SSSR count). The molecule has 0 aliphatic carbocycles. The standard InChI is InChI=1S/C13H18O4/c1-8-5-11(13(15)17-4)7-10(12(8)14)6-9(2)16-3/h5,7,9,14H,6H2,1-4H3. The monoisotopic (exact) mass is 238 g/mol. The molecular weight excluding hydrogens is 220 g/mol. The number of phenolic OH excluding ortho intramolecular Hbond substituents is 1. The van der Waals surface area contributed by atoms with E-state index in [0.717, 1.165) is 0 Å². The first-order valence-electron chi connectivity index (χ1n) is 5.43. The molecule has 1 aromatic carbocycles. The molecule has 1 unspecified atom stereocenters. The SMILES string of the molecule is COC(=O)c1cc(C)c(O)c(CC(C)OC)c1. The summed E-state index contributed by atoms with van der Waals surface area (Å²) in [4.78, 5) is 11.4. The summed E-state index contributed by atoms with van der Waals surface area (Å²) in [5.41, 5.74) is 1.80. The minimum atomic E-state index is -0.403. The molecule has 0 heterocycles. The van der Waals surface area contributed by atoms with Crippen molar-refractivity contribution in [2.45, 2.75) is 26.4 Å². The van der Waals surface area contributed by atoms with Crippen molar-refractivity contribution >= 4 is 5.97 Å². The Hall–Kier alpha value is -1.55. The van der Waals surface area contributed by atoms with Gasteiger partial charge < -0.3 is 14.6 Å². The summed E-state index contributed by atoms with van der Waals surface area (Å²) in [5, 5.41) is 9.91. The van der Waals surface area contributed by atoms with Crippen molar-refractivity contribution in [3.63, 3.8) is 0 Å². The third-order valence-electron chi connectivity index (χ3n) is 2.71. The van der Waals surface area contributed by atoms with E-state index in [1.807, 2.05) is 6.92 Å². The predicted octanol–water partition coefficient (Wildman–Crippen LogP) is 2.06. The molecule has 4 nitrogen and oxygen atoms in total. The molecular formula is C13H18O4. The number of carbonyl (C=O) groups is 1. The van der Waals surface area contributed by atoms with E-state index in [1.165, 1.54) is 7.11 Å². The van der Waals surface area contributed by atoms with Gasteiger partial charge in [0.15, 0.2) is 0 Å². The van der Waals surface area contributed by atoms with E-state index < -0.39 is 5.97 Å². The minimum Gasteiger partial charge on any atom is -0.507 e. The van der Waals surface area contributed by atoms with Crippen LogP contribution in [0, 0.1) is 6.92 Å². The maximum absolute atomic E-state index is 11.4. The number of aromatic hydroxyl groups is 1. The first-order valence-corrected chi connectivity index (χ1v) is 5.43. The molecule has 0 saturated carbocycles. The Bertz CT molecular complexity index is 412. The van der Waals surface area contributed by atoms with Crippen molar-refractivity contribution in [3.8, 4) is 5.75 Å². The molecule has 0 fully saturated rings. The summed E-state index contributed by atoms with van der Waals surface area (Å²) >= 11 is 0. The van der Waals surface area contributed by atoms with Crippen LogP contribution in [-0.2, 0) is 15.9 Å². The van der Waals surface area contributed by atoms with Crippen LogP contribution in [0.25, 0.3) is 0 Å². The van der Waals surface area contributed by atoms with Gasteiger partial charge in [0.2, 0.25) is 0 Å². The number of aryl methyl sites for hydroxylation is 1. The average Bonchev–Trinajstić information content (AvgIpc) is 2.33. The van der Waals surface area contributed by atoms with E-state index in [2.05, 4.69) is 4.74 Å². The lowest BCUT2D eigenvalue weighted by Gasteiger charge is -2.13. The molecule has 0 amide bonds. The third-order valence-corrected chi connectivity index (χ3v) is 2.71. The lowest BCUT2D eigenvalue weighted by molar-refractivity contribution is 0.0600. The van der Waals surface area contributed by atoms with E-state index in [0.29, 0.717) is 23.1 Å². The second kappa shape index (κ2) is 5.68. The predicted molar refractivity (Wildman–Crippen MR) is 64.4 cm³/mol. The molecule has 1 aromatic rings. The summed E-state index contributed by atoms with van der Waals surface area (Å²) in [5.74, 6) is -0.194. The first-order chi connectivity index (χ1) is 7.99. The number of carbonyl (C=O) groups excluding carboxylic acids is 1. The highest BCUT2D eigenvalue weighted by atomic mass is 16.5. The Morgan fingerprint density at radius 1 is 1.41 bits per heavy atom. The fourth-order valence-electron chi connectivity index (χ4n) is 1.64. The van der Waals surface area contributed by atoms with Crippen LogP contribution in [0.3, 0.4) is 0 Å². The number of methoxy groups -OCH3 is 2. The summed E-state index contributed by atoms with van der Waals surface area (Å²) in [6, 6.07) is 3.26. The Kier molecular flexibility index (Phi) is 4.52. The van der Waals surface area contributed by atoms with Gasteiger partial charge in [0.1, 0.15) is 5.75 Å². The van der Waals surface area contributed by atoms with Crippen LogP contribution in [0.2, 0.25) is 0 Å². The Balaban J connectivity index is 3.11. The zero-order valence-electron chi connectivity index (χ0n) is 10.6. The van der Waals surface area contributed by atoms with Gasteiger partial charge in [-0.15, -0.1) is 0 Å². The highest BCUT2D eigenvalue weighted by Gasteiger charge is 2.14. The summed E-state index contributed by atoms with van der Waals surface area (Å²) in [6.45, 7) is 3.66. The molecule has 0 aliphatic heterocycles. The first kappa shape index (κ1) is 13.5. The Morgan fingerprint density at radius 2 is 2.06 bits per heavy atom. The highest BCUT2D eigenvalue weighted by molar-refractivity contribution is 5.90. The summed E-state index contributed by atoms with van der Waals surface area (Å²) in [7, 11) is 2.95. The maximum Gasteiger partial charge on any atom is 0.337 e.